The molecule has 2 heteroatoms. The van der Waals surface area contributed by atoms with Gasteiger partial charge in [-0.1, -0.05) is 24.3 Å². The van der Waals surface area contributed by atoms with Gasteiger partial charge >= 0.3 is 0 Å². The van der Waals surface area contributed by atoms with Crippen molar-refractivity contribution in [3.63, 3.8) is 0 Å². The first kappa shape index (κ1) is 13.6. The van der Waals surface area contributed by atoms with Gasteiger partial charge in [0.25, 0.3) is 0 Å². The number of aliphatic hydroxyl groups excluding tert-OH is 1. The Labute approximate surface area is 111 Å². The lowest BCUT2D eigenvalue weighted by Gasteiger charge is -2.20. The molecule has 18 heavy (non-hydrogen) atoms. The third kappa shape index (κ3) is 4.11. The molecule has 0 saturated carbocycles. The molecule has 0 saturated heterocycles. The Hall–Kier alpha value is -0.860. The Morgan fingerprint density at radius 1 is 1.22 bits per heavy atom. The first-order valence-corrected chi connectivity index (χ1v) is 7.23. The first-order valence-electron chi connectivity index (χ1n) is 7.23. The van der Waals surface area contributed by atoms with Gasteiger partial charge in [-0.05, 0) is 63.2 Å². The molecule has 0 aliphatic carbocycles. The lowest BCUT2D eigenvalue weighted by molar-refractivity contribution is 0.176. The molecule has 0 aromatic heterocycles. The van der Waals surface area contributed by atoms with Gasteiger partial charge in [0.05, 0.1) is 6.10 Å². The fourth-order valence-electron chi connectivity index (χ4n) is 2.73. The highest BCUT2D eigenvalue weighted by Crippen LogP contribution is 2.18. The zero-order valence-corrected chi connectivity index (χ0v) is 11.4. The molecule has 1 unspecified atom stereocenters. The smallest absolute Gasteiger partial charge is 0.0512 e. The van der Waals surface area contributed by atoms with E-state index in [2.05, 4.69) is 29.2 Å². The van der Waals surface area contributed by atoms with Crippen molar-refractivity contribution < 1.29 is 5.11 Å². The van der Waals surface area contributed by atoms with Gasteiger partial charge < -0.3 is 5.11 Å². The second-order valence-electron chi connectivity index (χ2n) is 5.49. The minimum absolute atomic E-state index is 0.144. The maximum Gasteiger partial charge on any atom is 0.0512 e. The maximum absolute atomic E-state index is 9.25. The molecular weight excluding hydrogens is 222 g/mol. The summed E-state index contributed by atoms with van der Waals surface area (Å²) in [5, 5.41) is 9.25. The van der Waals surface area contributed by atoms with Crippen molar-refractivity contribution in [2.45, 2.75) is 51.7 Å². The van der Waals surface area contributed by atoms with E-state index in [1.165, 1.54) is 43.5 Å². The molecule has 0 radical (unpaired) electrons. The molecule has 1 aromatic rings. The van der Waals surface area contributed by atoms with Crippen molar-refractivity contribution >= 4 is 0 Å². The zero-order chi connectivity index (χ0) is 12.8. The fourth-order valence-corrected chi connectivity index (χ4v) is 2.73. The average Bonchev–Trinajstić information content (AvgIpc) is 2.56. The van der Waals surface area contributed by atoms with Crippen LogP contribution in [-0.4, -0.2) is 29.2 Å². The monoisotopic (exact) mass is 247 g/mol. The Kier molecular flexibility index (Phi) is 5.21. The molecule has 1 atom stereocenters. The maximum atomic E-state index is 9.25. The molecule has 0 amide bonds. The summed E-state index contributed by atoms with van der Waals surface area (Å²) < 4.78 is 0. The van der Waals surface area contributed by atoms with Crippen LogP contribution in [0.15, 0.2) is 24.3 Å². The molecule has 0 bridgehead atoms. The number of hydrogen-bond acceptors (Lipinski definition) is 2. The van der Waals surface area contributed by atoms with E-state index in [-0.39, 0.29) is 6.10 Å². The Balaban J connectivity index is 1.81. The number of rotatable bonds is 5. The number of unbranched alkanes of at least 4 members (excludes halogenated alkanes) is 1. The van der Waals surface area contributed by atoms with Crippen LogP contribution < -0.4 is 0 Å². The summed E-state index contributed by atoms with van der Waals surface area (Å²) in [4.78, 5) is 2.56. The van der Waals surface area contributed by atoms with E-state index in [0.29, 0.717) is 0 Å². The van der Waals surface area contributed by atoms with Gasteiger partial charge in [-0.3, -0.25) is 4.90 Å². The topological polar surface area (TPSA) is 23.5 Å². The minimum Gasteiger partial charge on any atom is -0.393 e. The van der Waals surface area contributed by atoms with E-state index in [1.54, 1.807) is 0 Å². The van der Waals surface area contributed by atoms with Gasteiger partial charge in [-0.2, -0.15) is 0 Å². The van der Waals surface area contributed by atoms with E-state index in [4.69, 9.17) is 0 Å². The first-order chi connectivity index (χ1) is 8.75. The number of aryl methyl sites for hydroxylation is 1. The largest absolute Gasteiger partial charge is 0.393 e. The molecule has 0 fully saturated rings. The van der Waals surface area contributed by atoms with Gasteiger partial charge in [-0.25, -0.2) is 0 Å². The van der Waals surface area contributed by atoms with Crippen LogP contribution in [0.3, 0.4) is 0 Å². The fraction of sp³-hybridized carbons (Fsp3) is 0.625. The summed E-state index contributed by atoms with van der Waals surface area (Å²) in [5.74, 6) is 0. The van der Waals surface area contributed by atoms with Crippen molar-refractivity contribution in [2.24, 2.45) is 0 Å². The normalized spacial score (nSPS) is 18.1. The molecule has 0 spiro atoms. The van der Waals surface area contributed by atoms with E-state index in [9.17, 15) is 5.11 Å². The summed E-state index contributed by atoms with van der Waals surface area (Å²) >= 11 is 0. The van der Waals surface area contributed by atoms with Crippen LogP contribution in [0.4, 0.5) is 0 Å². The molecular formula is C16H25NO. The van der Waals surface area contributed by atoms with Gasteiger partial charge in [-0.15, -0.1) is 0 Å². The van der Waals surface area contributed by atoms with Crippen molar-refractivity contribution in [2.75, 3.05) is 13.1 Å². The van der Waals surface area contributed by atoms with Crippen molar-refractivity contribution in [1.82, 2.24) is 4.90 Å². The molecule has 1 aromatic carbocycles. The highest BCUT2D eigenvalue weighted by Gasteiger charge is 2.13. The van der Waals surface area contributed by atoms with Crippen molar-refractivity contribution in [3.8, 4) is 0 Å². The van der Waals surface area contributed by atoms with Crippen molar-refractivity contribution in [1.29, 1.82) is 0 Å². The molecule has 2 rings (SSSR count). The molecule has 1 aliphatic rings. The SMILES string of the molecule is CC(O)CCCCN1CCCc2ccccc2C1. The van der Waals surface area contributed by atoms with Gasteiger partial charge in [0.2, 0.25) is 0 Å². The van der Waals surface area contributed by atoms with Crippen LogP contribution in [0.5, 0.6) is 0 Å². The van der Waals surface area contributed by atoms with Crippen LogP contribution in [0.25, 0.3) is 0 Å². The third-order valence-electron chi connectivity index (χ3n) is 3.78. The predicted molar refractivity (Wildman–Crippen MR) is 75.6 cm³/mol. The quantitative estimate of drug-likeness (QED) is 0.809. The molecule has 2 nitrogen and oxygen atoms in total. The van der Waals surface area contributed by atoms with Gasteiger partial charge in [0, 0.05) is 6.54 Å². The predicted octanol–water partition coefficient (Wildman–Crippen LogP) is 2.99. The highest BCUT2D eigenvalue weighted by molar-refractivity contribution is 5.27. The minimum atomic E-state index is -0.144. The molecule has 1 aliphatic heterocycles. The van der Waals surface area contributed by atoms with E-state index in [0.717, 1.165) is 19.4 Å². The van der Waals surface area contributed by atoms with Crippen LogP contribution in [0.2, 0.25) is 0 Å². The standard InChI is InChI=1S/C16H25NO/c1-14(18)7-4-5-11-17-12-6-10-15-8-2-3-9-16(15)13-17/h2-3,8-9,14,18H,4-7,10-13H2,1H3. The van der Waals surface area contributed by atoms with Gasteiger partial charge in [0.1, 0.15) is 0 Å². The zero-order valence-electron chi connectivity index (χ0n) is 11.4. The lowest BCUT2D eigenvalue weighted by Crippen LogP contribution is -2.24. The number of hydrogen-bond donors (Lipinski definition) is 1. The molecule has 100 valence electrons. The number of aliphatic hydroxyl groups is 1. The lowest BCUT2D eigenvalue weighted by atomic mass is 10.0. The molecule has 1 heterocycles. The summed E-state index contributed by atoms with van der Waals surface area (Å²) in [6.45, 7) is 5.36. The number of benzene rings is 1. The van der Waals surface area contributed by atoms with Crippen LogP contribution >= 0.6 is 0 Å². The summed E-state index contributed by atoms with van der Waals surface area (Å²) in [6.07, 6.45) is 5.62. The summed E-state index contributed by atoms with van der Waals surface area (Å²) in [6, 6.07) is 8.84. The van der Waals surface area contributed by atoms with E-state index in [1.807, 2.05) is 6.92 Å². The van der Waals surface area contributed by atoms with E-state index >= 15 is 0 Å². The number of fused-ring (bicyclic) bond motifs is 1. The summed E-state index contributed by atoms with van der Waals surface area (Å²) in [5.41, 5.74) is 3.04. The Morgan fingerprint density at radius 3 is 2.78 bits per heavy atom. The third-order valence-corrected chi connectivity index (χ3v) is 3.78. The van der Waals surface area contributed by atoms with Crippen molar-refractivity contribution in [3.05, 3.63) is 35.4 Å². The summed E-state index contributed by atoms with van der Waals surface area (Å²) in [7, 11) is 0. The van der Waals surface area contributed by atoms with E-state index < -0.39 is 0 Å². The Morgan fingerprint density at radius 2 is 2.00 bits per heavy atom. The molecule has 1 N–H and O–H groups in total. The highest BCUT2D eigenvalue weighted by atomic mass is 16.3. The van der Waals surface area contributed by atoms with Gasteiger partial charge in [0.15, 0.2) is 0 Å². The van der Waals surface area contributed by atoms with Crippen LogP contribution in [-0.2, 0) is 13.0 Å². The van der Waals surface area contributed by atoms with Crippen LogP contribution in [0, 0.1) is 0 Å². The Bertz CT molecular complexity index is 362. The van der Waals surface area contributed by atoms with Crippen LogP contribution in [0.1, 0.15) is 43.7 Å². The second-order valence-corrected chi connectivity index (χ2v) is 5.49. The average molecular weight is 247 g/mol. The second kappa shape index (κ2) is 6.91. The number of nitrogens with zero attached hydrogens (tertiary/aromatic N) is 1.